The van der Waals surface area contributed by atoms with Gasteiger partial charge in [-0.05, 0) is 37.5 Å². The summed E-state index contributed by atoms with van der Waals surface area (Å²) in [5.41, 5.74) is 1.13. The van der Waals surface area contributed by atoms with Crippen LogP contribution in [0.15, 0.2) is 29.3 Å². The van der Waals surface area contributed by atoms with E-state index >= 15 is 0 Å². The second-order valence-corrected chi connectivity index (χ2v) is 8.69. The van der Waals surface area contributed by atoms with E-state index in [9.17, 15) is 9.59 Å². The van der Waals surface area contributed by atoms with Gasteiger partial charge in [0.25, 0.3) is 17.3 Å². The van der Waals surface area contributed by atoms with Gasteiger partial charge < -0.3 is 19.4 Å². The quantitative estimate of drug-likeness (QED) is 0.690. The number of aromatic nitrogens is 2. The highest BCUT2D eigenvalue weighted by Crippen LogP contribution is 2.46. The number of ether oxygens (including phenoxy) is 2. The van der Waals surface area contributed by atoms with Crippen LogP contribution in [0.2, 0.25) is 0 Å². The van der Waals surface area contributed by atoms with Crippen LogP contribution in [0.25, 0.3) is 10.2 Å². The van der Waals surface area contributed by atoms with Crippen molar-refractivity contribution in [2.45, 2.75) is 44.8 Å². The molecule has 2 aromatic heterocycles. The Labute approximate surface area is 171 Å². The number of nitrogens with one attached hydrogen (secondary N) is 1. The Morgan fingerprint density at radius 3 is 2.76 bits per heavy atom. The first kappa shape index (κ1) is 18.2. The number of nitrogens with zero attached hydrogens (tertiary/aromatic N) is 2. The zero-order valence-corrected chi connectivity index (χ0v) is 17.1. The molecule has 3 heterocycles. The van der Waals surface area contributed by atoms with Crippen molar-refractivity contribution in [3.8, 4) is 11.5 Å². The minimum atomic E-state index is -0.545. The summed E-state index contributed by atoms with van der Waals surface area (Å²) < 4.78 is 13.6. The van der Waals surface area contributed by atoms with E-state index in [1.54, 1.807) is 20.0 Å². The molecule has 0 radical (unpaired) electrons. The van der Waals surface area contributed by atoms with Crippen molar-refractivity contribution in [1.29, 1.82) is 0 Å². The Balaban J connectivity index is 1.41. The molecule has 1 saturated carbocycles. The second kappa shape index (κ2) is 6.59. The van der Waals surface area contributed by atoms with Gasteiger partial charge in [0.1, 0.15) is 4.83 Å². The number of anilines is 1. The van der Waals surface area contributed by atoms with Gasteiger partial charge in [-0.25, -0.2) is 4.98 Å². The van der Waals surface area contributed by atoms with Crippen LogP contribution in [0.5, 0.6) is 11.5 Å². The lowest BCUT2D eigenvalue weighted by molar-refractivity contribution is -0.105. The predicted molar refractivity (Wildman–Crippen MR) is 111 cm³/mol. The molecule has 1 amide bonds. The molecule has 0 unspecified atom stereocenters. The summed E-state index contributed by atoms with van der Waals surface area (Å²) in [5, 5.41) is 3.41. The lowest BCUT2D eigenvalue weighted by Gasteiger charge is -2.31. The summed E-state index contributed by atoms with van der Waals surface area (Å²) in [7, 11) is 1.65. The number of carbonyl (C=O) groups excluding carboxylic acids is 1. The molecule has 5 rings (SSSR count). The molecule has 29 heavy (non-hydrogen) atoms. The van der Waals surface area contributed by atoms with E-state index < -0.39 is 5.79 Å². The summed E-state index contributed by atoms with van der Waals surface area (Å²) in [6, 6.07) is 5.45. The van der Waals surface area contributed by atoms with Crippen molar-refractivity contribution >= 4 is 33.1 Å². The SMILES string of the molecule is Cc1c(C(=O)Nc2ccc3c(c2)OC2(CCCCC2)O3)sc2ncn(C)c(=O)c12. The normalized spacial score (nSPS) is 17.0. The zero-order chi connectivity index (χ0) is 20.2. The van der Waals surface area contributed by atoms with Crippen molar-refractivity contribution in [2.75, 3.05) is 5.32 Å². The number of rotatable bonds is 2. The van der Waals surface area contributed by atoms with E-state index in [1.165, 1.54) is 28.7 Å². The summed E-state index contributed by atoms with van der Waals surface area (Å²) >= 11 is 1.22. The minimum Gasteiger partial charge on any atom is -0.448 e. The van der Waals surface area contributed by atoms with Crippen molar-refractivity contribution in [1.82, 2.24) is 9.55 Å². The Hall–Kier alpha value is -2.87. The lowest BCUT2D eigenvalue weighted by Crippen LogP contribution is -2.40. The molecule has 7 nitrogen and oxygen atoms in total. The molecule has 150 valence electrons. The van der Waals surface area contributed by atoms with Gasteiger partial charge in [-0.2, -0.15) is 0 Å². The summed E-state index contributed by atoms with van der Waals surface area (Å²) in [6.07, 6.45) is 6.63. The van der Waals surface area contributed by atoms with E-state index in [0.29, 0.717) is 32.1 Å². The van der Waals surface area contributed by atoms with Crippen molar-refractivity contribution in [2.24, 2.45) is 7.05 Å². The molecule has 3 aromatic rings. The van der Waals surface area contributed by atoms with Crippen LogP contribution in [0.4, 0.5) is 5.69 Å². The Kier molecular flexibility index (Phi) is 4.13. The number of fused-ring (bicyclic) bond motifs is 2. The third-order valence-corrected chi connectivity index (χ3v) is 6.82. The zero-order valence-electron chi connectivity index (χ0n) is 16.3. The lowest BCUT2D eigenvalue weighted by atomic mass is 9.94. The van der Waals surface area contributed by atoms with Crippen molar-refractivity contribution in [3.63, 3.8) is 0 Å². The fraction of sp³-hybridized carbons (Fsp3) is 0.381. The Morgan fingerprint density at radius 2 is 1.97 bits per heavy atom. The van der Waals surface area contributed by atoms with Crippen LogP contribution >= 0.6 is 11.3 Å². The third kappa shape index (κ3) is 2.98. The van der Waals surface area contributed by atoms with Crippen molar-refractivity contribution in [3.05, 3.63) is 45.3 Å². The molecular weight excluding hydrogens is 390 g/mol. The van der Waals surface area contributed by atoms with E-state index in [0.717, 1.165) is 31.4 Å². The highest BCUT2D eigenvalue weighted by Gasteiger charge is 2.42. The molecule has 1 aliphatic carbocycles. The highest BCUT2D eigenvalue weighted by atomic mass is 32.1. The molecule has 1 fully saturated rings. The van der Waals surface area contributed by atoms with Gasteiger partial charge in [0, 0.05) is 31.6 Å². The van der Waals surface area contributed by atoms with E-state index in [-0.39, 0.29) is 11.5 Å². The molecule has 1 N–H and O–H groups in total. The topological polar surface area (TPSA) is 82.4 Å². The number of amides is 1. The van der Waals surface area contributed by atoms with Gasteiger partial charge >= 0.3 is 0 Å². The first-order valence-corrected chi connectivity index (χ1v) is 10.6. The number of benzene rings is 1. The highest BCUT2D eigenvalue weighted by molar-refractivity contribution is 7.20. The standard InChI is InChI=1S/C21H21N3O4S/c1-12-16-19(22-11-24(2)20(16)26)29-17(12)18(25)23-13-6-7-14-15(10-13)28-21(27-14)8-4-3-5-9-21/h6-7,10-11H,3-5,8-9H2,1-2H3,(H,23,25). The minimum absolute atomic E-state index is 0.149. The monoisotopic (exact) mass is 411 g/mol. The molecule has 0 saturated heterocycles. The molecule has 1 spiro atoms. The van der Waals surface area contributed by atoms with Crippen LogP contribution in [0.1, 0.15) is 47.3 Å². The molecular formula is C21H21N3O4S. The van der Waals surface area contributed by atoms with E-state index in [4.69, 9.17) is 9.47 Å². The number of thiophene rings is 1. The van der Waals surface area contributed by atoms with Crippen LogP contribution in [0, 0.1) is 6.92 Å². The summed E-state index contributed by atoms with van der Waals surface area (Å²) in [5.74, 6) is 0.569. The average molecular weight is 411 g/mol. The van der Waals surface area contributed by atoms with Crippen LogP contribution in [-0.4, -0.2) is 21.2 Å². The molecule has 0 atom stereocenters. The van der Waals surface area contributed by atoms with Gasteiger partial charge in [0.15, 0.2) is 11.5 Å². The maximum absolute atomic E-state index is 12.9. The van der Waals surface area contributed by atoms with E-state index in [1.807, 2.05) is 12.1 Å². The molecule has 1 aromatic carbocycles. The fourth-order valence-electron chi connectivity index (χ4n) is 4.08. The first-order valence-electron chi connectivity index (χ1n) is 9.74. The maximum atomic E-state index is 12.9. The molecule has 2 aliphatic rings. The fourth-order valence-corrected chi connectivity index (χ4v) is 5.11. The maximum Gasteiger partial charge on any atom is 0.266 e. The van der Waals surface area contributed by atoms with Gasteiger partial charge in [0.05, 0.1) is 16.6 Å². The smallest absolute Gasteiger partial charge is 0.266 e. The predicted octanol–water partition coefficient (Wildman–Crippen LogP) is 3.99. The number of hydrogen-bond acceptors (Lipinski definition) is 6. The number of aryl methyl sites for hydroxylation is 2. The summed E-state index contributed by atoms with van der Waals surface area (Å²) in [6.45, 7) is 1.78. The van der Waals surface area contributed by atoms with Crippen LogP contribution < -0.4 is 20.3 Å². The van der Waals surface area contributed by atoms with Crippen LogP contribution in [0.3, 0.4) is 0 Å². The number of carbonyl (C=O) groups is 1. The molecule has 0 bridgehead atoms. The first-order chi connectivity index (χ1) is 14.0. The Bertz CT molecular complexity index is 1190. The van der Waals surface area contributed by atoms with Gasteiger partial charge in [-0.15, -0.1) is 11.3 Å². The second-order valence-electron chi connectivity index (χ2n) is 7.69. The van der Waals surface area contributed by atoms with Gasteiger partial charge in [-0.3, -0.25) is 9.59 Å². The van der Waals surface area contributed by atoms with Gasteiger partial charge in [0.2, 0.25) is 0 Å². The Morgan fingerprint density at radius 1 is 1.21 bits per heavy atom. The number of hydrogen-bond donors (Lipinski definition) is 1. The average Bonchev–Trinajstić information content (AvgIpc) is 3.22. The van der Waals surface area contributed by atoms with Crippen molar-refractivity contribution < 1.29 is 14.3 Å². The molecule has 8 heteroatoms. The summed E-state index contributed by atoms with van der Waals surface area (Å²) in [4.78, 5) is 30.6. The van der Waals surface area contributed by atoms with E-state index in [2.05, 4.69) is 10.3 Å². The third-order valence-electron chi connectivity index (χ3n) is 5.63. The van der Waals surface area contributed by atoms with Gasteiger partial charge in [-0.1, -0.05) is 6.42 Å². The largest absolute Gasteiger partial charge is 0.448 e. The van der Waals surface area contributed by atoms with Crippen LogP contribution in [-0.2, 0) is 7.05 Å². The molecule has 1 aliphatic heterocycles.